The lowest BCUT2D eigenvalue weighted by Crippen LogP contribution is -2.34. The predicted octanol–water partition coefficient (Wildman–Crippen LogP) is 4.91. The second kappa shape index (κ2) is 9.05. The third kappa shape index (κ3) is 4.33. The van der Waals surface area contributed by atoms with Gasteiger partial charge in [-0.1, -0.05) is 36.4 Å². The lowest BCUT2D eigenvalue weighted by atomic mass is 10.0. The molecule has 0 aliphatic heterocycles. The van der Waals surface area contributed by atoms with Gasteiger partial charge in [0, 0.05) is 18.1 Å². The zero-order valence-electron chi connectivity index (χ0n) is 16.1. The van der Waals surface area contributed by atoms with Gasteiger partial charge in [0.05, 0.1) is 28.4 Å². The maximum Gasteiger partial charge on any atom is 0.320 e. The monoisotopic (exact) mass is 434 g/mol. The fourth-order valence-electron chi connectivity index (χ4n) is 3.10. The van der Waals surface area contributed by atoms with Crippen LogP contribution in [0.25, 0.3) is 21.3 Å². The van der Waals surface area contributed by atoms with Crippen LogP contribution >= 0.6 is 22.7 Å². The van der Waals surface area contributed by atoms with Crippen molar-refractivity contribution in [1.29, 1.82) is 0 Å². The molecule has 0 bridgehead atoms. The van der Waals surface area contributed by atoms with Crippen LogP contribution in [-0.2, 0) is 4.74 Å². The average Bonchev–Trinajstić information content (AvgIpc) is 3.42. The first-order chi connectivity index (χ1) is 14.7. The van der Waals surface area contributed by atoms with Crippen molar-refractivity contribution in [2.45, 2.75) is 6.04 Å². The molecule has 2 aromatic heterocycles. The number of fused-ring (bicyclic) bond motifs is 1. The first-order valence-corrected chi connectivity index (χ1v) is 10.8. The summed E-state index contributed by atoms with van der Waals surface area (Å²) < 4.78 is 6.46. The van der Waals surface area contributed by atoms with Gasteiger partial charge in [0.1, 0.15) is 5.82 Å². The number of aromatic nitrogens is 2. The van der Waals surface area contributed by atoms with Gasteiger partial charge in [-0.2, -0.15) is 0 Å². The van der Waals surface area contributed by atoms with Crippen molar-refractivity contribution < 1.29 is 9.53 Å². The Labute approximate surface area is 182 Å². The van der Waals surface area contributed by atoms with E-state index in [-0.39, 0.29) is 12.1 Å². The number of nitrogens with one attached hydrogen (secondary N) is 2. The second-order valence-corrected chi connectivity index (χ2v) is 8.13. The molecule has 150 valence electrons. The molecule has 0 unspecified atom stereocenters. The van der Waals surface area contributed by atoms with Crippen molar-refractivity contribution >= 4 is 44.7 Å². The first-order valence-electron chi connectivity index (χ1n) is 9.09. The third-order valence-electron chi connectivity index (χ3n) is 4.49. The van der Waals surface area contributed by atoms with Crippen LogP contribution in [0.2, 0.25) is 0 Å². The van der Waals surface area contributed by atoms with Crippen LogP contribution in [0.4, 0.5) is 10.6 Å². The molecule has 30 heavy (non-hydrogen) atoms. The molecule has 0 saturated carbocycles. The van der Waals surface area contributed by atoms with E-state index in [0.29, 0.717) is 17.4 Å². The van der Waals surface area contributed by atoms with E-state index in [9.17, 15) is 4.79 Å². The molecular weight excluding hydrogens is 416 g/mol. The molecule has 6 nitrogen and oxygen atoms in total. The van der Waals surface area contributed by atoms with E-state index in [1.165, 1.54) is 11.3 Å². The van der Waals surface area contributed by atoms with Crippen LogP contribution < -0.4 is 10.6 Å². The number of urea groups is 1. The highest BCUT2D eigenvalue weighted by Crippen LogP contribution is 2.31. The number of carbonyl (C=O) groups is 1. The molecule has 2 aromatic carbocycles. The summed E-state index contributed by atoms with van der Waals surface area (Å²) >= 11 is 2.93. The van der Waals surface area contributed by atoms with Crippen LogP contribution in [0, 0.1) is 12.3 Å². The number of anilines is 1. The van der Waals surface area contributed by atoms with Gasteiger partial charge in [0.25, 0.3) is 0 Å². The van der Waals surface area contributed by atoms with Gasteiger partial charge in [-0.3, -0.25) is 5.32 Å². The molecule has 0 aliphatic carbocycles. The number of hydrogen-bond donors (Lipinski definition) is 2. The topological polar surface area (TPSA) is 76.1 Å². The van der Waals surface area contributed by atoms with Gasteiger partial charge in [-0.05, 0) is 23.1 Å². The van der Waals surface area contributed by atoms with Crippen molar-refractivity contribution in [2.75, 3.05) is 19.0 Å². The maximum atomic E-state index is 12.4. The SMILES string of the molecule is C#Cc1nc(NC(=O)N[C@@H](COC)c2ccc(-c3cccc4ncsc34)cc2)cs1. The minimum absolute atomic E-state index is 0.311. The molecule has 0 saturated heterocycles. The molecular formula is C22H18N4O2S2. The smallest absolute Gasteiger partial charge is 0.320 e. The summed E-state index contributed by atoms with van der Waals surface area (Å²) in [5, 5.41) is 7.85. The summed E-state index contributed by atoms with van der Waals surface area (Å²) in [5.74, 6) is 2.87. The average molecular weight is 435 g/mol. The number of carbonyl (C=O) groups excluding carboxylic acids is 1. The van der Waals surface area contributed by atoms with E-state index in [4.69, 9.17) is 11.2 Å². The maximum absolute atomic E-state index is 12.4. The lowest BCUT2D eigenvalue weighted by molar-refractivity contribution is 0.168. The third-order valence-corrected chi connectivity index (χ3v) is 6.14. The Bertz CT molecular complexity index is 1210. The number of methoxy groups -OCH3 is 1. The number of nitrogens with zero attached hydrogens (tertiary/aromatic N) is 2. The lowest BCUT2D eigenvalue weighted by Gasteiger charge is -2.19. The largest absolute Gasteiger partial charge is 0.382 e. The van der Waals surface area contributed by atoms with Gasteiger partial charge < -0.3 is 10.1 Å². The van der Waals surface area contributed by atoms with Crippen LogP contribution in [0.3, 0.4) is 0 Å². The first kappa shape index (κ1) is 20.0. The molecule has 4 rings (SSSR count). The van der Waals surface area contributed by atoms with Crippen LogP contribution in [-0.4, -0.2) is 29.7 Å². The molecule has 2 N–H and O–H groups in total. The highest BCUT2D eigenvalue weighted by molar-refractivity contribution is 7.17. The van der Waals surface area contributed by atoms with Crippen molar-refractivity contribution in [3.8, 4) is 23.5 Å². The number of ether oxygens (including phenoxy) is 1. The Kier molecular flexibility index (Phi) is 6.05. The number of thiazole rings is 2. The quantitative estimate of drug-likeness (QED) is 0.423. The highest BCUT2D eigenvalue weighted by Gasteiger charge is 2.16. The molecule has 1 atom stereocenters. The fraction of sp³-hybridized carbons (Fsp3) is 0.136. The molecule has 2 heterocycles. The summed E-state index contributed by atoms with van der Waals surface area (Å²) in [7, 11) is 1.60. The van der Waals surface area contributed by atoms with Gasteiger partial charge in [-0.25, -0.2) is 14.8 Å². The van der Waals surface area contributed by atoms with E-state index >= 15 is 0 Å². The molecule has 2 amide bonds. The standard InChI is InChI=1S/C22H18N4O2S2/c1-3-20-25-19(12-29-20)26-22(27)24-18(11-28-2)15-9-7-14(8-10-15)16-5-4-6-17-21(16)30-13-23-17/h1,4-10,12-13,18H,11H2,2H3,(H2,24,26,27)/t18-/m0/s1. The molecule has 8 heteroatoms. The van der Waals surface area contributed by atoms with Gasteiger partial charge in [0.15, 0.2) is 5.01 Å². The van der Waals surface area contributed by atoms with Gasteiger partial charge >= 0.3 is 6.03 Å². The van der Waals surface area contributed by atoms with Crippen molar-refractivity contribution in [3.05, 3.63) is 63.9 Å². The minimum atomic E-state index is -0.371. The summed E-state index contributed by atoms with van der Waals surface area (Å²) in [4.78, 5) is 20.9. The van der Waals surface area contributed by atoms with Crippen molar-refractivity contribution in [1.82, 2.24) is 15.3 Å². The zero-order chi connectivity index (χ0) is 20.9. The van der Waals surface area contributed by atoms with E-state index in [1.807, 2.05) is 41.9 Å². The summed E-state index contributed by atoms with van der Waals surface area (Å²) in [5.41, 5.74) is 6.03. The molecule has 0 spiro atoms. The number of benzene rings is 2. The summed E-state index contributed by atoms with van der Waals surface area (Å²) in [6.07, 6.45) is 5.32. The fourth-order valence-corrected chi connectivity index (χ4v) is 4.48. The number of amides is 2. The Morgan fingerprint density at radius 3 is 2.80 bits per heavy atom. The molecule has 0 aliphatic rings. The number of rotatable bonds is 6. The summed E-state index contributed by atoms with van der Waals surface area (Å²) in [6.45, 7) is 0.337. The number of hydrogen-bond acceptors (Lipinski definition) is 6. The highest BCUT2D eigenvalue weighted by atomic mass is 32.1. The molecule has 4 aromatic rings. The normalized spacial score (nSPS) is 11.7. The van der Waals surface area contributed by atoms with Crippen molar-refractivity contribution in [2.24, 2.45) is 0 Å². The van der Waals surface area contributed by atoms with Crippen LogP contribution in [0.5, 0.6) is 0 Å². The Morgan fingerprint density at radius 2 is 2.07 bits per heavy atom. The van der Waals surface area contributed by atoms with Crippen LogP contribution in [0.1, 0.15) is 16.6 Å². The Morgan fingerprint density at radius 1 is 1.23 bits per heavy atom. The van der Waals surface area contributed by atoms with E-state index in [0.717, 1.165) is 26.9 Å². The Balaban J connectivity index is 1.50. The zero-order valence-corrected chi connectivity index (χ0v) is 17.7. The predicted molar refractivity (Wildman–Crippen MR) is 122 cm³/mol. The van der Waals surface area contributed by atoms with E-state index in [1.54, 1.807) is 23.8 Å². The molecule has 0 fully saturated rings. The molecule has 0 radical (unpaired) electrons. The number of terminal acetylenes is 1. The van der Waals surface area contributed by atoms with E-state index < -0.39 is 0 Å². The van der Waals surface area contributed by atoms with Gasteiger partial charge in [-0.15, -0.1) is 29.1 Å². The van der Waals surface area contributed by atoms with Gasteiger partial charge in [0.2, 0.25) is 0 Å². The second-order valence-electron chi connectivity index (χ2n) is 6.42. The Hall–Kier alpha value is -3.25. The van der Waals surface area contributed by atoms with Crippen molar-refractivity contribution in [3.63, 3.8) is 0 Å². The van der Waals surface area contributed by atoms with Crippen LogP contribution in [0.15, 0.2) is 53.4 Å². The minimum Gasteiger partial charge on any atom is -0.382 e. The van der Waals surface area contributed by atoms with E-state index in [2.05, 4.69) is 32.6 Å². The summed E-state index contributed by atoms with van der Waals surface area (Å²) in [6, 6.07) is 13.5.